The predicted molar refractivity (Wildman–Crippen MR) is 89.0 cm³/mol. The second-order valence-electron chi connectivity index (χ2n) is 5.88. The van der Waals surface area contributed by atoms with E-state index in [0.717, 1.165) is 24.2 Å². The minimum atomic E-state index is -0.00688. The van der Waals surface area contributed by atoms with Crippen LogP contribution in [0.5, 0.6) is 0 Å². The second-order valence-corrected chi connectivity index (χ2v) is 5.88. The lowest BCUT2D eigenvalue weighted by Gasteiger charge is -2.23. The van der Waals surface area contributed by atoms with Gasteiger partial charge in [0, 0.05) is 31.4 Å². The van der Waals surface area contributed by atoms with Crippen LogP contribution in [0, 0.1) is 0 Å². The first kappa shape index (κ1) is 16.3. The number of rotatable bonds is 5. The van der Waals surface area contributed by atoms with Gasteiger partial charge in [0.1, 0.15) is 0 Å². The van der Waals surface area contributed by atoms with Gasteiger partial charge in [-0.3, -0.25) is 9.59 Å². The molecule has 0 spiro atoms. The maximum atomic E-state index is 11.9. The summed E-state index contributed by atoms with van der Waals surface area (Å²) in [5.74, 6) is 0.0319. The molecule has 22 heavy (non-hydrogen) atoms. The highest BCUT2D eigenvalue weighted by Crippen LogP contribution is 2.18. The lowest BCUT2D eigenvalue weighted by Crippen LogP contribution is -2.39. The highest BCUT2D eigenvalue weighted by Gasteiger charge is 2.15. The van der Waals surface area contributed by atoms with E-state index in [1.165, 1.54) is 26.2 Å². The maximum absolute atomic E-state index is 11.9. The van der Waals surface area contributed by atoms with Crippen LogP contribution in [-0.4, -0.2) is 31.4 Å². The molecule has 0 aromatic heterocycles. The second kappa shape index (κ2) is 7.82. The summed E-state index contributed by atoms with van der Waals surface area (Å²) in [6, 6.07) is 7.83. The average molecular weight is 303 g/mol. The van der Waals surface area contributed by atoms with Crippen LogP contribution in [0.3, 0.4) is 0 Å². The monoisotopic (exact) mass is 303 g/mol. The molecule has 0 heterocycles. The third-order valence-corrected chi connectivity index (χ3v) is 4.15. The van der Waals surface area contributed by atoms with Gasteiger partial charge < -0.3 is 15.5 Å². The molecule has 2 amide bonds. The molecule has 0 bridgehead atoms. The summed E-state index contributed by atoms with van der Waals surface area (Å²) in [7, 11) is 1.74. The first-order chi connectivity index (χ1) is 10.6. The van der Waals surface area contributed by atoms with E-state index < -0.39 is 0 Å². The van der Waals surface area contributed by atoms with Crippen LogP contribution in [0.1, 0.15) is 39.0 Å². The Morgan fingerprint density at radius 3 is 2.36 bits per heavy atom. The van der Waals surface area contributed by atoms with E-state index in [4.69, 9.17) is 0 Å². The van der Waals surface area contributed by atoms with Gasteiger partial charge in [0.2, 0.25) is 11.8 Å². The number of nitrogens with one attached hydrogen (secondary N) is 2. The molecule has 1 aliphatic rings. The number of amides is 2. The Labute approximate surface area is 132 Å². The number of anilines is 2. The van der Waals surface area contributed by atoms with Gasteiger partial charge in [-0.2, -0.15) is 0 Å². The average Bonchev–Trinajstić information content (AvgIpc) is 2.53. The zero-order valence-electron chi connectivity index (χ0n) is 13.4. The van der Waals surface area contributed by atoms with E-state index in [0.29, 0.717) is 6.04 Å². The van der Waals surface area contributed by atoms with Gasteiger partial charge in [0.15, 0.2) is 0 Å². The van der Waals surface area contributed by atoms with Crippen molar-refractivity contribution in [2.45, 2.75) is 45.1 Å². The summed E-state index contributed by atoms with van der Waals surface area (Å²) in [5, 5.41) is 6.19. The number of carbonyl (C=O) groups excluding carboxylic acids is 2. The molecule has 5 nitrogen and oxygen atoms in total. The van der Waals surface area contributed by atoms with Crippen molar-refractivity contribution in [3.8, 4) is 0 Å². The zero-order chi connectivity index (χ0) is 15.9. The summed E-state index contributed by atoms with van der Waals surface area (Å²) >= 11 is 0. The van der Waals surface area contributed by atoms with Crippen LogP contribution in [0.2, 0.25) is 0 Å². The van der Waals surface area contributed by atoms with Crippen molar-refractivity contribution in [1.82, 2.24) is 5.32 Å². The van der Waals surface area contributed by atoms with Gasteiger partial charge >= 0.3 is 0 Å². The number of carbonyl (C=O) groups is 2. The summed E-state index contributed by atoms with van der Waals surface area (Å²) in [6.07, 6.45) is 5.90. The largest absolute Gasteiger partial charge is 0.376 e. The first-order valence-corrected chi connectivity index (χ1v) is 7.94. The molecule has 1 aromatic carbocycles. The summed E-state index contributed by atoms with van der Waals surface area (Å²) in [6.45, 7) is 1.81. The molecule has 2 N–H and O–H groups in total. The minimum Gasteiger partial charge on any atom is -0.376 e. The summed E-state index contributed by atoms with van der Waals surface area (Å²) in [5.41, 5.74) is 1.71. The standard InChI is InChI=1S/C17H25N3O2/c1-13(21)20(2)16-10-8-14(9-11-16)18-12-17(22)19-15-6-4-3-5-7-15/h8-11,15,18H,3-7,12H2,1-2H3,(H,19,22). The van der Waals surface area contributed by atoms with Crippen molar-refractivity contribution in [2.75, 3.05) is 23.8 Å². The lowest BCUT2D eigenvalue weighted by atomic mass is 9.95. The van der Waals surface area contributed by atoms with Crippen LogP contribution in [0.4, 0.5) is 11.4 Å². The number of benzene rings is 1. The van der Waals surface area contributed by atoms with E-state index in [-0.39, 0.29) is 18.4 Å². The first-order valence-electron chi connectivity index (χ1n) is 7.94. The summed E-state index contributed by atoms with van der Waals surface area (Å²) in [4.78, 5) is 24.8. The van der Waals surface area contributed by atoms with Crippen LogP contribution in [0.15, 0.2) is 24.3 Å². The van der Waals surface area contributed by atoms with Crippen molar-refractivity contribution in [2.24, 2.45) is 0 Å². The van der Waals surface area contributed by atoms with E-state index in [2.05, 4.69) is 10.6 Å². The van der Waals surface area contributed by atoms with Crippen molar-refractivity contribution >= 4 is 23.2 Å². The van der Waals surface area contributed by atoms with Gasteiger partial charge in [0.25, 0.3) is 0 Å². The number of nitrogens with zero attached hydrogens (tertiary/aromatic N) is 1. The summed E-state index contributed by atoms with van der Waals surface area (Å²) < 4.78 is 0. The van der Waals surface area contributed by atoms with Crippen LogP contribution >= 0.6 is 0 Å². The SMILES string of the molecule is CC(=O)N(C)c1ccc(NCC(=O)NC2CCCCC2)cc1. The fourth-order valence-electron chi connectivity index (χ4n) is 2.69. The molecule has 0 atom stereocenters. The molecule has 0 aliphatic heterocycles. The van der Waals surface area contributed by atoms with Crippen molar-refractivity contribution in [3.05, 3.63) is 24.3 Å². The predicted octanol–water partition coefficient (Wildman–Crippen LogP) is 2.53. The Balaban J connectivity index is 1.78. The van der Waals surface area contributed by atoms with E-state index >= 15 is 0 Å². The van der Waals surface area contributed by atoms with Crippen LogP contribution in [-0.2, 0) is 9.59 Å². The number of hydrogen-bond donors (Lipinski definition) is 2. The van der Waals surface area contributed by atoms with Gasteiger partial charge in [-0.1, -0.05) is 19.3 Å². The Bertz CT molecular complexity index is 507. The number of hydrogen-bond acceptors (Lipinski definition) is 3. The quantitative estimate of drug-likeness (QED) is 0.878. The molecule has 1 saturated carbocycles. The third kappa shape index (κ3) is 4.76. The van der Waals surface area contributed by atoms with Gasteiger partial charge in [-0.15, -0.1) is 0 Å². The Kier molecular flexibility index (Phi) is 5.81. The van der Waals surface area contributed by atoms with Crippen LogP contribution < -0.4 is 15.5 Å². The topological polar surface area (TPSA) is 61.4 Å². The third-order valence-electron chi connectivity index (χ3n) is 4.15. The van der Waals surface area contributed by atoms with Crippen molar-refractivity contribution in [3.63, 3.8) is 0 Å². The molecular weight excluding hydrogens is 278 g/mol. The van der Waals surface area contributed by atoms with Crippen molar-refractivity contribution < 1.29 is 9.59 Å². The normalized spacial score (nSPS) is 15.2. The lowest BCUT2D eigenvalue weighted by molar-refractivity contribution is -0.120. The molecular formula is C17H25N3O2. The molecule has 0 saturated heterocycles. The molecule has 2 rings (SSSR count). The molecule has 1 aliphatic carbocycles. The van der Waals surface area contributed by atoms with Crippen molar-refractivity contribution in [1.29, 1.82) is 0 Å². The van der Waals surface area contributed by atoms with Crippen LogP contribution in [0.25, 0.3) is 0 Å². The highest BCUT2D eigenvalue weighted by molar-refractivity contribution is 5.91. The highest BCUT2D eigenvalue weighted by atomic mass is 16.2. The Morgan fingerprint density at radius 1 is 1.14 bits per heavy atom. The molecule has 0 radical (unpaired) electrons. The minimum absolute atomic E-state index is 0.00688. The van der Waals surface area contributed by atoms with Gasteiger partial charge in [0.05, 0.1) is 6.54 Å². The molecule has 1 fully saturated rings. The smallest absolute Gasteiger partial charge is 0.239 e. The van der Waals surface area contributed by atoms with Gasteiger partial charge in [-0.05, 0) is 37.1 Å². The maximum Gasteiger partial charge on any atom is 0.239 e. The fraction of sp³-hybridized carbons (Fsp3) is 0.529. The Hall–Kier alpha value is -2.04. The molecule has 120 valence electrons. The molecule has 0 unspecified atom stereocenters. The molecule has 5 heteroatoms. The van der Waals surface area contributed by atoms with E-state index in [1.807, 2.05) is 24.3 Å². The van der Waals surface area contributed by atoms with E-state index in [1.54, 1.807) is 11.9 Å². The Morgan fingerprint density at radius 2 is 1.77 bits per heavy atom. The molecule has 1 aromatic rings. The van der Waals surface area contributed by atoms with Gasteiger partial charge in [-0.25, -0.2) is 0 Å². The fourth-order valence-corrected chi connectivity index (χ4v) is 2.69. The zero-order valence-corrected chi connectivity index (χ0v) is 13.4. The van der Waals surface area contributed by atoms with E-state index in [9.17, 15) is 9.59 Å².